The lowest BCUT2D eigenvalue weighted by molar-refractivity contribution is 0.684. The van der Waals surface area contributed by atoms with Gasteiger partial charge in [0.2, 0.25) is 0 Å². The number of pyridine rings is 1. The summed E-state index contributed by atoms with van der Waals surface area (Å²) in [6, 6.07) is 1.95. The van der Waals surface area contributed by atoms with Gasteiger partial charge in [-0.05, 0) is 49.7 Å². The second-order valence-electron chi connectivity index (χ2n) is 2.71. The Hall–Kier alpha value is -0.400. The predicted octanol–water partition coefficient (Wildman–Crippen LogP) is 2.89. The molecule has 0 aliphatic heterocycles. The van der Waals surface area contributed by atoms with Crippen LogP contribution in [0.2, 0.25) is 0 Å². The monoisotopic (exact) mass is 348 g/mol. The lowest BCUT2D eigenvalue weighted by atomic mass is 10.5. The molecule has 7 heteroatoms. The number of hydrogen-bond donors (Lipinski definition) is 0. The molecule has 0 atom stereocenters. The summed E-state index contributed by atoms with van der Waals surface area (Å²) in [6.45, 7) is 0. The van der Waals surface area contributed by atoms with Crippen molar-refractivity contribution >= 4 is 43.6 Å². The molecular formula is C8H6Br2N4S. The van der Waals surface area contributed by atoms with Crippen LogP contribution in [0.4, 0.5) is 0 Å². The molecular weight excluding hydrogens is 344 g/mol. The number of halogens is 2. The van der Waals surface area contributed by atoms with Crippen LogP contribution in [-0.4, -0.2) is 19.7 Å². The van der Waals surface area contributed by atoms with E-state index in [0.29, 0.717) is 0 Å². The van der Waals surface area contributed by atoms with Crippen molar-refractivity contribution < 1.29 is 0 Å². The Kier molecular flexibility index (Phi) is 3.42. The van der Waals surface area contributed by atoms with E-state index in [9.17, 15) is 0 Å². The van der Waals surface area contributed by atoms with Gasteiger partial charge in [0.05, 0.1) is 4.47 Å². The molecule has 0 aliphatic carbocycles. The van der Waals surface area contributed by atoms with E-state index in [1.165, 1.54) is 18.1 Å². The second-order valence-corrected chi connectivity index (χ2v) is 5.43. The molecule has 0 saturated carbocycles. The maximum atomic E-state index is 4.28. The van der Waals surface area contributed by atoms with Gasteiger partial charge in [0.1, 0.15) is 11.4 Å². The Morgan fingerprint density at radius 1 is 1.33 bits per heavy atom. The Morgan fingerprint density at radius 3 is 2.73 bits per heavy atom. The largest absolute Gasteiger partial charge is 0.247 e. The van der Waals surface area contributed by atoms with Gasteiger partial charge in [-0.25, -0.2) is 14.6 Å². The minimum Gasteiger partial charge on any atom is -0.247 e. The fourth-order valence-corrected chi connectivity index (χ4v) is 2.89. The van der Waals surface area contributed by atoms with Crippen LogP contribution in [-0.2, 0) is 7.05 Å². The quantitative estimate of drug-likeness (QED) is 0.836. The minimum absolute atomic E-state index is 0.811. The molecule has 0 fully saturated rings. The highest BCUT2D eigenvalue weighted by molar-refractivity contribution is 9.11. The van der Waals surface area contributed by atoms with E-state index < -0.39 is 0 Å². The molecule has 2 aromatic heterocycles. The van der Waals surface area contributed by atoms with E-state index >= 15 is 0 Å². The highest BCUT2D eigenvalue weighted by atomic mass is 79.9. The summed E-state index contributed by atoms with van der Waals surface area (Å²) in [4.78, 5) is 8.40. The molecule has 2 rings (SSSR count). The molecule has 0 aliphatic rings. The summed E-state index contributed by atoms with van der Waals surface area (Å²) in [5.74, 6) is 0. The maximum Gasteiger partial charge on any atom is 0.192 e. The molecule has 2 heterocycles. The third-order valence-electron chi connectivity index (χ3n) is 1.63. The molecule has 0 amide bonds. The summed E-state index contributed by atoms with van der Waals surface area (Å²) in [5, 5.41) is 5.67. The van der Waals surface area contributed by atoms with E-state index in [1.807, 2.05) is 13.1 Å². The summed E-state index contributed by atoms with van der Waals surface area (Å²) < 4.78 is 3.59. The van der Waals surface area contributed by atoms with Gasteiger partial charge >= 0.3 is 0 Å². The highest BCUT2D eigenvalue weighted by Crippen LogP contribution is 2.31. The first-order valence-electron chi connectivity index (χ1n) is 3.99. The fourth-order valence-electron chi connectivity index (χ4n) is 0.942. The summed E-state index contributed by atoms with van der Waals surface area (Å²) in [5.41, 5.74) is 0. The van der Waals surface area contributed by atoms with Crippen molar-refractivity contribution in [3.8, 4) is 0 Å². The zero-order valence-corrected chi connectivity index (χ0v) is 11.7. The second kappa shape index (κ2) is 4.63. The number of aromatic nitrogens is 4. The van der Waals surface area contributed by atoms with E-state index in [-0.39, 0.29) is 0 Å². The van der Waals surface area contributed by atoms with Gasteiger partial charge in [0.15, 0.2) is 5.16 Å². The van der Waals surface area contributed by atoms with Gasteiger partial charge in [0.25, 0.3) is 0 Å². The first kappa shape index (κ1) is 11.1. The summed E-state index contributed by atoms with van der Waals surface area (Å²) in [7, 11) is 1.85. The molecule has 0 saturated heterocycles. The zero-order chi connectivity index (χ0) is 10.8. The SMILES string of the molecule is Cn1ncnc1Sc1ncc(Br)cc1Br. The predicted molar refractivity (Wildman–Crippen MR) is 64.8 cm³/mol. The normalized spacial score (nSPS) is 10.6. The van der Waals surface area contributed by atoms with Gasteiger partial charge in [-0.1, -0.05) is 0 Å². The summed E-state index contributed by atoms with van der Waals surface area (Å²) >= 11 is 8.27. The van der Waals surface area contributed by atoms with Crippen molar-refractivity contribution in [3.63, 3.8) is 0 Å². The van der Waals surface area contributed by atoms with Gasteiger partial charge < -0.3 is 0 Å². The first-order valence-corrected chi connectivity index (χ1v) is 6.40. The van der Waals surface area contributed by atoms with Crippen LogP contribution in [0.15, 0.2) is 37.7 Å². The maximum absolute atomic E-state index is 4.28. The van der Waals surface area contributed by atoms with Gasteiger partial charge in [-0.3, -0.25) is 0 Å². The van der Waals surface area contributed by atoms with Crippen molar-refractivity contribution in [2.75, 3.05) is 0 Å². The van der Waals surface area contributed by atoms with Gasteiger partial charge in [0, 0.05) is 17.7 Å². The van der Waals surface area contributed by atoms with Crippen LogP contribution in [0.5, 0.6) is 0 Å². The van der Waals surface area contributed by atoms with Crippen LogP contribution < -0.4 is 0 Å². The van der Waals surface area contributed by atoms with Crippen LogP contribution in [0.3, 0.4) is 0 Å². The molecule has 15 heavy (non-hydrogen) atoms. The topological polar surface area (TPSA) is 43.6 Å². The van der Waals surface area contributed by atoms with Crippen molar-refractivity contribution in [1.29, 1.82) is 0 Å². The van der Waals surface area contributed by atoms with E-state index in [0.717, 1.165) is 19.1 Å². The fraction of sp³-hybridized carbons (Fsp3) is 0.125. The smallest absolute Gasteiger partial charge is 0.192 e. The molecule has 0 unspecified atom stereocenters. The molecule has 0 aromatic carbocycles. The average Bonchev–Trinajstić information content (AvgIpc) is 2.57. The molecule has 4 nitrogen and oxygen atoms in total. The number of hydrogen-bond acceptors (Lipinski definition) is 4. The van der Waals surface area contributed by atoms with Gasteiger partial charge in [-0.2, -0.15) is 5.10 Å². The third-order valence-corrected chi connectivity index (χ3v) is 4.00. The highest BCUT2D eigenvalue weighted by Gasteiger charge is 2.08. The molecule has 2 aromatic rings. The van der Waals surface area contributed by atoms with Crippen molar-refractivity contribution in [1.82, 2.24) is 19.7 Å². The van der Waals surface area contributed by atoms with E-state index in [4.69, 9.17) is 0 Å². The van der Waals surface area contributed by atoms with Crippen LogP contribution >= 0.6 is 43.6 Å². The first-order chi connectivity index (χ1) is 7.16. The third kappa shape index (κ3) is 2.59. The van der Waals surface area contributed by atoms with Crippen molar-refractivity contribution in [3.05, 3.63) is 27.5 Å². The lowest BCUT2D eigenvalue weighted by Crippen LogP contribution is -1.93. The Balaban J connectivity index is 2.29. The van der Waals surface area contributed by atoms with E-state index in [1.54, 1.807) is 10.9 Å². The summed E-state index contributed by atoms with van der Waals surface area (Å²) in [6.07, 6.45) is 3.28. The van der Waals surface area contributed by atoms with Crippen LogP contribution in [0, 0.1) is 0 Å². The Morgan fingerprint density at radius 2 is 2.13 bits per heavy atom. The van der Waals surface area contributed by atoms with E-state index in [2.05, 4.69) is 46.9 Å². The molecule has 0 spiro atoms. The molecule has 0 bridgehead atoms. The number of nitrogens with zero attached hydrogens (tertiary/aromatic N) is 4. The molecule has 78 valence electrons. The van der Waals surface area contributed by atoms with Crippen LogP contribution in [0.1, 0.15) is 0 Å². The lowest BCUT2D eigenvalue weighted by Gasteiger charge is -2.02. The molecule has 0 radical (unpaired) electrons. The van der Waals surface area contributed by atoms with Crippen LogP contribution in [0.25, 0.3) is 0 Å². The zero-order valence-electron chi connectivity index (χ0n) is 7.69. The number of rotatable bonds is 2. The van der Waals surface area contributed by atoms with Crippen molar-refractivity contribution in [2.45, 2.75) is 10.2 Å². The van der Waals surface area contributed by atoms with Crippen molar-refractivity contribution in [2.24, 2.45) is 7.05 Å². The Bertz CT molecular complexity index is 485. The average molecular weight is 350 g/mol. The standard InChI is InChI=1S/C8H6Br2N4S/c1-14-8(12-4-13-14)15-7-6(10)2-5(9)3-11-7/h2-4H,1H3. The molecule has 0 N–H and O–H groups in total. The van der Waals surface area contributed by atoms with Gasteiger partial charge in [-0.15, -0.1) is 0 Å². The Labute approximate surface area is 108 Å². The minimum atomic E-state index is 0.811. The number of aryl methyl sites for hydroxylation is 1.